The van der Waals surface area contributed by atoms with E-state index in [-0.39, 0.29) is 5.69 Å². The maximum Gasteiger partial charge on any atom is 0.352 e. The van der Waals surface area contributed by atoms with Crippen molar-refractivity contribution < 1.29 is 9.90 Å². The highest BCUT2D eigenvalue weighted by Gasteiger charge is 2.16. The van der Waals surface area contributed by atoms with Crippen molar-refractivity contribution in [2.75, 3.05) is 0 Å². The third-order valence-electron chi connectivity index (χ3n) is 2.30. The molecule has 0 amide bonds. The summed E-state index contributed by atoms with van der Waals surface area (Å²) in [7, 11) is 0. The van der Waals surface area contributed by atoms with Crippen LogP contribution in [0, 0.1) is 0 Å². The van der Waals surface area contributed by atoms with E-state index in [1.807, 2.05) is 6.92 Å². The Bertz CT molecular complexity index is 533. The van der Waals surface area contributed by atoms with E-state index in [0.717, 1.165) is 10.9 Å². The average molecular weight is 225 g/mol. The van der Waals surface area contributed by atoms with Crippen LogP contribution in [-0.2, 0) is 6.42 Å². The van der Waals surface area contributed by atoms with Gasteiger partial charge >= 0.3 is 5.97 Å². The van der Waals surface area contributed by atoms with E-state index in [1.165, 1.54) is 0 Å². The normalized spacial score (nSPS) is 10.8. The van der Waals surface area contributed by atoms with Crippen LogP contribution in [0.4, 0.5) is 0 Å². The third kappa shape index (κ3) is 1.57. The summed E-state index contributed by atoms with van der Waals surface area (Å²) >= 11 is 5.72. The first-order chi connectivity index (χ1) is 7.13. The third-order valence-corrected chi connectivity index (χ3v) is 2.51. The zero-order valence-electron chi connectivity index (χ0n) is 8.04. The average Bonchev–Trinajstić information content (AvgIpc) is 2.55. The molecule has 0 aromatic carbocycles. The monoisotopic (exact) mass is 224 g/mol. The van der Waals surface area contributed by atoms with Gasteiger partial charge in [0.2, 0.25) is 0 Å². The number of aromatic amines is 1. The van der Waals surface area contributed by atoms with Gasteiger partial charge in [0, 0.05) is 5.39 Å². The summed E-state index contributed by atoms with van der Waals surface area (Å²) in [5.41, 5.74) is 1.49. The molecule has 0 aliphatic rings. The summed E-state index contributed by atoms with van der Waals surface area (Å²) in [6, 6.07) is 3.44. The van der Waals surface area contributed by atoms with Crippen molar-refractivity contribution in [3.05, 3.63) is 28.5 Å². The number of nitrogens with zero attached hydrogens (tertiary/aromatic N) is 1. The van der Waals surface area contributed by atoms with Gasteiger partial charge in [-0.05, 0) is 24.1 Å². The SMILES string of the molecule is CCc1c(C(=O)O)[nH]c2nc(Cl)ccc12. The quantitative estimate of drug-likeness (QED) is 0.771. The standard InChI is InChI=1S/C10H9ClN2O2/c1-2-5-6-3-4-7(11)12-9(6)13-8(5)10(14)15/h3-4H,2H2,1H3,(H,12,13)(H,14,15). The minimum Gasteiger partial charge on any atom is -0.477 e. The van der Waals surface area contributed by atoms with Gasteiger partial charge in [-0.25, -0.2) is 9.78 Å². The molecule has 0 atom stereocenters. The van der Waals surface area contributed by atoms with Crippen LogP contribution in [0.3, 0.4) is 0 Å². The van der Waals surface area contributed by atoms with Gasteiger partial charge in [-0.15, -0.1) is 0 Å². The molecule has 2 N–H and O–H groups in total. The highest BCUT2D eigenvalue weighted by Crippen LogP contribution is 2.23. The Balaban J connectivity index is 2.78. The number of carboxylic acid groups (broad SMARTS) is 1. The minimum atomic E-state index is -0.971. The number of hydrogen-bond acceptors (Lipinski definition) is 2. The lowest BCUT2D eigenvalue weighted by atomic mass is 10.1. The van der Waals surface area contributed by atoms with Gasteiger partial charge in [0.1, 0.15) is 16.5 Å². The Morgan fingerprint density at radius 1 is 1.60 bits per heavy atom. The second-order valence-electron chi connectivity index (χ2n) is 3.17. The number of hydrogen-bond donors (Lipinski definition) is 2. The van der Waals surface area contributed by atoms with Gasteiger partial charge in [0.25, 0.3) is 0 Å². The lowest BCUT2D eigenvalue weighted by molar-refractivity contribution is 0.0690. The zero-order chi connectivity index (χ0) is 11.0. The Hall–Kier alpha value is -1.55. The number of halogens is 1. The molecular weight excluding hydrogens is 216 g/mol. The number of carbonyl (C=O) groups is 1. The number of fused-ring (bicyclic) bond motifs is 1. The van der Waals surface area contributed by atoms with Crippen LogP contribution >= 0.6 is 11.6 Å². The van der Waals surface area contributed by atoms with Gasteiger partial charge in [0.15, 0.2) is 0 Å². The van der Waals surface area contributed by atoms with Crippen LogP contribution in [0.15, 0.2) is 12.1 Å². The Morgan fingerprint density at radius 2 is 2.33 bits per heavy atom. The Kier molecular flexibility index (Phi) is 2.36. The van der Waals surface area contributed by atoms with E-state index in [0.29, 0.717) is 17.2 Å². The summed E-state index contributed by atoms with van der Waals surface area (Å²) in [4.78, 5) is 17.7. The largest absolute Gasteiger partial charge is 0.477 e. The number of nitrogens with one attached hydrogen (secondary N) is 1. The van der Waals surface area contributed by atoms with Crippen molar-refractivity contribution in [1.82, 2.24) is 9.97 Å². The molecule has 2 rings (SSSR count). The summed E-state index contributed by atoms with van der Waals surface area (Å²) in [6.45, 7) is 1.91. The maximum atomic E-state index is 10.9. The van der Waals surface area contributed by atoms with Crippen LogP contribution in [-0.4, -0.2) is 21.0 Å². The molecule has 0 spiro atoms. The summed E-state index contributed by atoms with van der Waals surface area (Å²) in [6.07, 6.45) is 0.644. The zero-order valence-corrected chi connectivity index (χ0v) is 8.80. The molecule has 2 aromatic rings. The van der Waals surface area contributed by atoms with E-state index in [9.17, 15) is 4.79 Å². The molecule has 0 saturated carbocycles. The first-order valence-corrected chi connectivity index (χ1v) is 4.91. The van der Waals surface area contributed by atoms with Gasteiger partial charge in [0.05, 0.1) is 0 Å². The minimum absolute atomic E-state index is 0.197. The van der Waals surface area contributed by atoms with Crippen LogP contribution in [0.1, 0.15) is 23.0 Å². The Labute approximate surface area is 90.9 Å². The molecule has 0 aliphatic heterocycles. The molecule has 0 aliphatic carbocycles. The number of carboxylic acids is 1. The summed E-state index contributed by atoms with van der Waals surface area (Å²) in [5, 5.41) is 10.1. The Morgan fingerprint density at radius 3 is 2.93 bits per heavy atom. The summed E-state index contributed by atoms with van der Waals surface area (Å²) < 4.78 is 0. The predicted molar refractivity (Wildman–Crippen MR) is 57.4 cm³/mol. The van der Waals surface area contributed by atoms with Crippen molar-refractivity contribution in [2.45, 2.75) is 13.3 Å². The van der Waals surface area contributed by atoms with E-state index < -0.39 is 5.97 Å². The fraction of sp³-hybridized carbons (Fsp3) is 0.200. The van der Waals surface area contributed by atoms with Gasteiger partial charge in [-0.2, -0.15) is 0 Å². The van der Waals surface area contributed by atoms with Crippen molar-refractivity contribution in [2.24, 2.45) is 0 Å². The molecule has 0 fully saturated rings. The maximum absolute atomic E-state index is 10.9. The fourth-order valence-electron chi connectivity index (χ4n) is 1.65. The van der Waals surface area contributed by atoms with Crippen LogP contribution in [0.5, 0.6) is 0 Å². The predicted octanol–water partition coefficient (Wildman–Crippen LogP) is 2.48. The molecular formula is C10H9ClN2O2. The van der Waals surface area contributed by atoms with Crippen molar-refractivity contribution in [3.63, 3.8) is 0 Å². The van der Waals surface area contributed by atoms with Crippen molar-refractivity contribution in [1.29, 1.82) is 0 Å². The van der Waals surface area contributed by atoms with Gasteiger partial charge in [-0.3, -0.25) is 0 Å². The molecule has 2 heterocycles. The number of rotatable bonds is 2. The molecule has 0 saturated heterocycles. The first kappa shape index (κ1) is 9.98. The molecule has 0 radical (unpaired) electrons. The van der Waals surface area contributed by atoms with E-state index >= 15 is 0 Å². The molecule has 0 bridgehead atoms. The number of aromatic nitrogens is 2. The first-order valence-electron chi connectivity index (χ1n) is 4.54. The second kappa shape index (κ2) is 3.55. The molecule has 4 nitrogen and oxygen atoms in total. The number of aromatic carboxylic acids is 1. The number of pyridine rings is 1. The molecule has 15 heavy (non-hydrogen) atoms. The summed E-state index contributed by atoms with van der Waals surface area (Å²) in [5.74, 6) is -0.971. The van der Waals surface area contributed by atoms with E-state index in [1.54, 1.807) is 12.1 Å². The lowest BCUT2D eigenvalue weighted by Crippen LogP contribution is -2.00. The molecule has 2 aromatic heterocycles. The van der Waals surface area contributed by atoms with Gasteiger partial charge in [-0.1, -0.05) is 18.5 Å². The van der Waals surface area contributed by atoms with E-state index in [2.05, 4.69) is 9.97 Å². The van der Waals surface area contributed by atoms with Crippen LogP contribution < -0.4 is 0 Å². The smallest absolute Gasteiger partial charge is 0.352 e. The van der Waals surface area contributed by atoms with Crippen molar-refractivity contribution in [3.8, 4) is 0 Å². The van der Waals surface area contributed by atoms with Crippen LogP contribution in [0.2, 0.25) is 5.15 Å². The highest BCUT2D eigenvalue weighted by molar-refractivity contribution is 6.29. The fourth-order valence-corrected chi connectivity index (χ4v) is 1.80. The van der Waals surface area contributed by atoms with E-state index in [4.69, 9.17) is 16.7 Å². The lowest BCUT2D eigenvalue weighted by Gasteiger charge is -1.95. The molecule has 5 heteroatoms. The van der Waals surface area contributed by atoms with Crippen LogP contribution in [0.25, 0.3) is 11.0 Å². The molecule has 78 valence electrons. The second-order valence-corrected chi connectivity index (χ2v) is 3.55. The van der Waals surface area contributed by atoms with Crippen molar-refractivity contribution >= 4 is 28.6 Å². The number of H-pyrrole nitrogens is 1. The highest BCUT2D eigenvalue weighted by atomic mass is 35.5. The topological polar surface area (TPSA) is 66.0 Å². The van der Waals surface area contributed by atoms with Gasteiger partial charge < -0.3 is 10.1 Å². The molecule has 0 unspecified atom stereocenters. The number of aryl methyl sites for hydroxylation is 1.